The van der Waals surface area contributed by atoms with E-state index >= 15 is 0 Å². The van der Waals surface area contributed by atoms with Crippen LogP contribution in [-0.4, -0.2) is 31.9 Å². The average molecular weight is 398 g/mol. The van der Waals surface area contributed by atoms with Crippen LogP contribution in [0.2, 0.25) is 0 Å². The van der Waals surface area contributed by atoms with Gasteiger partial charge in [0.2, 0.25) is 0 Å². The first kappa shape index (κ1) is 16.8. The standard InChI is InChI=1S/C20H19N3O2S2/c1-23-9-8-15-14-7-6-13(10-17(14)21-18(15)11-23)22-27(24,25)20-12-26-19-5-3-2-4-16(19)20/h2-7,10,12,21-22H,8-9,11H2,1H3. The van der Waals surface area contributed by atoms with E-state index in [0.717, 1.165) is 35.1 Å². The number of sulfonamides is 1. The second kappa shape index (κ2) is 6.09. The molecule has 0 saturated carbocycles. The monoisotopic (exact) mass is 397 g/mol. The average Bonchev–Trinajstić information content (AvgIpc) is 3.21. The molecule has 0 amide bonds. The molecule has 1 aliphatic rings. The zero-order valence-corrected chi connectivity index (χ0v) is 16.5. The summed E-state index contributed by atoms with van der Waals surface area (Å²) in [6, 6.07) is 13.3. The maximum absolute atomic E-state index is 12.9. The van der Waals surface area contributed by atoms with Gasteiger partial charge in [0.25, 0.3) is 10.0 Å². The third kappa shape index (κ3) is 2.82. The zero-order chi connectivity index (χ0) is 18.6. The molecule has 5 rings (SSSR count). The molecule has 4 aromatic rings. The molecule has 0 unspecified atom stereocenters. The van der Waals surface area contributed by atoms with Crippen molar-refractivity contribution in [3.05, 3.63) is 59.1 Å². The van der Waals surface area contributed by atoms with Crippen LogP contribution in [0, 0.1) is 0 Å². The third-order valence-corrected chi connectivity index (χ3v) is 7.69. The molecular formula is C20H19N3O2S2. The molecule has 3 heterocycles. The van der Waals surface area contributed by atoms with E-state index < -0.39 is 10.0 Å². The second-order valence-electron chi connectivity index (χ2n) is 7.03. The van der Waals surface area contributed by atoms with E-state index in [2.05, 4.69) is 21.7 Å². The molecule has 0 saturated heterocycles. The largest absolute Gasteiger partial charge is 0.357 e. The molecule has 0 fully saturated rings. The minimum absolute atomic E-state index is 0.329. The summed E-state index contributed by atoms with van der Waals surface area (Å²) in [6.45, 7) is 1.94. The Morgan fingerprint density at radius 3 is 2.89 bits per heavy atom. The lowest BCUT2D eigenvalue weighted by atomic mass is 10.0. The van der Waals surface area contributed by atoms with E-state index in [1.165, 1.54) is 28.0 Å². The van der Waals surface area contributed by atoms with Crippen molar-refractivity contribution in [2.75, 3.05) is 18.3 Å². The summed E-state index contributed by atoms with van der Waals surface area (Å²) < 4.78 is 29.6. The first-order valence-corrected chi connectivity index (χ1v) is 11.2. The van der Waals surface area contributed by atoms with E-state index in [0.29, 0.717) is 10.6 Å². The highest BCUT2D eigenvalue weighted by Gasteiger charge is 2.21. The number of fused-ring (bicyclic) bond motifs is 4. The van der Waals surface area contributed by atoms with Gasteiger partial charge in [-0.1, -0.05) is 24.3 Å². The van der Waals surface area contributed by atoms with Crippen LogP contribution in [0.5, 0.6) is 0 Å². The van der Waals surface area contributed by atoms with Gasteiger partial charge in [-0.3, -0.25) is 4.72 Å². The van der Waals surface area contributed by atoms with Crippen molar-refractivity contribution in [1.82, 2.24) is 9.88 Å². The lowest BCUT2D eigenvalue weighted by molar-refractivity contribution is 0.310. The summed E-state index contributed by atoms with van der Waals surface area (Å²) in [5.41, 5.74) is 4.12. The summed E-state index contributed by atoms with van der Waals surface area (Å²) in [7, 11) is -1.53. The second-order valence-corrected chi connectivity index (χ2v) is 9.59. The van der Waals surface area contributed by atoms with Crippen molar-refractivity contribution in [2.24, 2.45) is 0 Å². The van der Waals surface area contributed by atoms with Crippen molar-refractivity contribution in [3.63, 3.8) is 0 Å². The van der Waals surface area contributed by atoms with Gasteiger partial charge < -0.3 is 9.88 Å². The Bertz CT molecular complexity index is 1270. The van der Waals surface area contributed by atoms with Crippen LogP contribution >= 0.6 is 11.3 Å². The van der Waals surface area contributed by atoms with Crippen LogP contribution < -0.4 is 4.72 Å². The number of thiophene rings is 1. The minimum Gasteiger partial charge on any atom is -0.357 e. The number of hydrogen-bond acceptors (Lipinski definition) is 4. The highest BCUT2D eigenvalue weighted by atomic mass is 32.2. The highest BCUT2D eigenvalue weighted by Crippen LogP contribution is 2.32. The molecule has 1 aliphatic heterocycles. The molecule has 27 heavy (non-hydrogen) atoms. The Hall–Kier alpha value is -2.35. The summed E-state index contributed by atoms with van der Waals surface area (Å²) >= 11 is 1.44. The van der Waals surface area contributed by atoms with Crippen molar-refractivity contribution in [3.8, 4) is 0 Å². The molecule has 0 atom stereocenters. The van der Waals surface area contributed by atoms with E-state index in [-0.39, 0.29) is 0 Å². The molecular weight excluding hydrogens is 378 g/mol. The number of anilines is 1. The number of likely N-dealkylation sites (N-methyl/N-ethyl adjacent to an activating group) is 1. The Morgan fingerprint density at radius 1 is 1.15 bits per heavy atom. The lowest BCUT2D eigenvalue weighted by Crippen LogP contribution is -2.26. The number of H-pyrrole nitrogens is 1. The maximum Gasteiger partial charge on any atom is 0.263 e. The Morgan fingerprint density at radius 2 is 2.00 bits per heavy atom. The lowest BCUT2D eigenvalue weighted by Gasteiger charge is -2.22. The van der Waals surface area contributed by atoms with Crippen molar-refractivity contribution < 1.29 is 8.42 Å². The topological polar surface area (TPSA) is 65.2 Å². The fourth-order valence-electron chi connectivity index (χ4n) is 3.82. The van der Waals surface area contributed by atoms with E-state index in [9.17, 15) is 8.42 Å². The van der Waals surface area contributed by atoms with Gasteiger partial charge in [0.15, 0.2) is 0 Å². The number of rotatable bonds is 3. The molecule has 0 aliphatic carbocycles. The van der Waals surface area contributed by atoms with Gasteiger partial charge in [-0.05, 0) is 37.2 Å². The number of benzene rings is 2. The summed E-state index contributed by atoms with van der Waals surface area (Å²) in [6.07, 6.45) is 1.01. The van der Waals surface area contributed by atoms with Crippen LogP contribution in [-0.2, 0) is 23.0 Å². The fraction of sp³-hybridized carbons (Fsp3) is 0.200. The molecule has 0 bridgehead atoms. The molecule has 2 aromatic carbocycles. The molecule has 5 nitrogen and oxygen atoms in total. The maximum atomic E-state index is 12.9. The molecule has 2 aromatic heterocycles. The Labute approximate surface area is 161 Å². The van der Waals surface area contributed by atoms with Crippen LogP contribution in [0.1, 0.15) is 11.3 Å². The van der Waals surface area contributed by atoms with E-state index in [1.54, 1.807) is 5.38 Å². The summed E-state index contributed by atoms with van der Waals surface area (Å²) in [5.74, 6) is 0. The van der Waals surface area contributed by atoms with Gasteiger partial charge in [-0.2, -0.15) is 0 Å². The normalized spacial score (nSPS) is 15.3. The summed E-state index contributed by atoms with van der Waals surface area (Å²) in [5, 5.41) is 3.64. The van der Waals surface area contributed by atoms with Gasteiger partial charge >= 0.3 is 0 Å². The van der Waals surface area contributed by atoms with Gasteiger partial charge in [0, 0.05) is 45.2 Å². The number of hydrogen-bond donors (Lipinski definition) is 2. The van der Waals surface area contributed by atoms with Crippen molar-refractivity contribution in [2.45, 2.75) is 17.9 Å². The molecule has 2 N–H and O–H groups in total. The van der Waals surface area contributed by atoms with Crippen LogP contribution in [0.15, 0.2) is 52.7 Å². The number of aromatic amines is 1. The van der Waals surface area contributed by atoms with Crippen LogP contribution in [0.4, 0.5) is 5.69 Å². The zero-order valence-electron chi connectivity index (χ0n) is 14.8. The number of aromatic nitrogens is 1. The van der Waals surface area contributed by atoms with Crippen LogP contribution in [0.3, 0.4) is 0 Å². The fourth-order valence-corrected chi connectivity index (χ4v) is 6.37. The third-order valence-electron chi connectivity index (χ3n) is 5.15. The predicted molar refractivity (Wildman–Crippen MR) is 111 cm³/mol. The van der Waals surface area contributed by atoms with E-state index in [4.69, 9.17) is 0 Å². The first-order chi connectivity index (χ1) is 13.0. The number of nitrogens with zero attached hydrogens (tertiary/aromatic N) is 1. The van der Waals surface area contributed by atoms with Crippen LogP contribution in [0.25, 0.3) is 21.0 Å². The van der Waals surface area contributed by atoms with E-state index in [1.807, 2.05) is 42.5 Å². The molecule has 138 valence electrons. The smallest absolute Gasteiger partial charge is 0.263 e. The molecule has 0 radical (unpaired) electrons. The molecule has 0 spiro atoms. The van der Waals surface area contributed by atoms with Gasteiger partial charge in [0.1, 0.15) is 4.90 Å². The minimum atomic E-state index is -3.64. The Balaban J connectivity index is 1.52. The Kier molecular flexibility index (Phi) is 3.79. The predicted octanol–water partition coefficient (Wildman–Crippen LogP) is 4.17. The summed E-state index contributed by atoms with van der Waals surface area (Å²) in [4.78, 5) is 6.07. The first-order valence-electron chi connectivity index (χ1n) is 8.82. The highest BCUT2D eigenvalue weighted by molar-refractivity contribution is 7.93. The van der Waals surface area contributed by atoms with Gasteiger partial charge in [-0.25, -0.2) is 8.42 Å². The van der Waals surface area contributed by atoms with Crippen molar-refractivity contribution >= 4 is 48.0 Å². The van der Waals surface area contributed by atoms with Gasteiger partial charge in [-0.15, -0.1) is 11.3 Å². The quantitative estimate of drug-likeness (QED) is 0.545. The SMILES string of the molecule is CN1CCc2c([nH]c3cc(NS(=O)(=O)c4csc5ccccc45)ccc23)C1. The molecule has 7 heteroatoms. The van der Waals surface area contributed by atoms with Crippen molar-refractivity contribution in [1.29, 1.82) is 0 Å². The van der Waals surface area contributed by atoms with Gasteiger partial charge in [0.05, 0.1) is 5.69 Å². The number of nitrogens with one attached hydrogen (secondary N) is 2.